The molecular formula is C16H10N2S2. The zero-order valence-corrected chi connectivity index (χ0v) is 12.1. The summed E-state index contributed by atoms with van der Waals surface area (Å²) in [6.07, 6.45) is 1.56. The van der Waals surface area contributed by atoms with Gasteiger partial charge in [-0.05, 0) is 17.0 Å². The quantitative estimate of drug-likeness (QED) is 0.649. The zero-order chi connectivity index (χ0) is 13.8. The Labute approximate surface area is 125 Å². The molecule has 2 heterocycles. The maximum atomic E-state index is 9.00. The number of allylic oxidation sites excluding steroid dienone is 1. The molecule has 4 heteroatoms. The molecule has 0 aliphatic rings. The van der Waals surface area contributed by atoms with E-state index in [-0.39, 0.29) is 0 Å². The van der Waals surface area contributed by atoms with Gasteiger partial charge in [0.25, 0.3) is 0 Å². The van der Waals surface area contributed by atoms with Crippen LogP contribution in [0, 0.1) is 11.3 Å². The van der Waals surface area contributed by atoms with Crippen LogP contribution in [0.1, 0.15) is 10.6 Å². The second-order valence-electron chi connectivity index (χ2n) is 4.07. The van der Waals surface area contributed by atoms with Gasteiger partial charge in [-0.15, -0.1) is 22.7 Å². The monoisotopic (exact) mass is 294 g/mol. The first-order chi connectivity index (χ1) is 9.88. The Kier molecular flexibility index (Phi) is 3.73. The number of thiazole rings is 1. The summed E-state index contributed by atoms with van der Waals surface area (Å²) >= 11 is 3.24. The first kappa shape index (κ1) is 12.8. The van der Waals surface area contributed by atoms with Crippen molar-refractivity contribution in [2.45, 2.75) is 0 Å². The minimum atomic E-state index is 0.876. The van der Waals surface area contributed by atoms with E-state index < -0.39 is 0 Å². The van der Waals surface area contributed by atoms with Crippen molar-refractivity contribution >= 4 is 28.2 Å². The van der Waals surface area contributed by atoms with Crippen molar-refractivity contribution in [2.75, 3.05) is 0 Å². The van der Waals surface area contributed by atoms with Gasteiger partial charge >= 0.3 is 0 Å². The van der Waals surface area contributed by atoms with Crippen LogP contribution in [0.5, 0.6) is 0 Å². The summed E-state index contributed by atoms with van der Waals surface area (Å²) in [6.45, 7) is 0. The lowest BCUT2D eigenvalue weighted by molar-refractivity contribution is 1.37. The standard InChI is InChI=1S/C16H10N2S2/c17-9-8-13(12-5-2-1-3-6-12)16-18-14(11-20-16)15-7-4-10-19-15/h1-8,10-11H. The van der Waals surface area contributed by atoms with E-state index in [1.54, 1.807) is 28.7 Å². The summed E-state index contributed by atoms with van der Waals surface area (Å²) in [5.41, 5.74) is 2.86. The second kappa shape index (κ2) is 5.83. The van der Waals surface area contributed by atoms with Gasteiger partial charge in [0.15, 0.2) is 0 Å². The van der Waals surface area contributed by atoms with Crippen LogP contribution in [0.4, 0.5) is 0 Å². The van der Waals surface area contributed by atoms with Gasteiger partial charge in [0.05, 0.1) is 16.6 Å². The average molecular weight is 294 g/mol. The number of thiophene rings is 1. The highest BCUT2D eigenvalue weighted by molar-refractivity contribution is 7.14. The van der Waals surface area contributed by atoms with Crippen molar-refractivity contribution in [2.24, 2.45) is 0 Å². The SMILES string of the molecule is N#CC=C(c1ccccc1)c1nc(-c2cccs2)cs1. The third-order valence-electron chi connectivity index (χ3n) is 2.80. The molecule has 2 nitrogen and oxygen atoms in total. The average Bonchev–Trinajstić information content (AvgIpc) is 3.16. The topological polar surface area (TPSA) is 36.7 Å². The molecule has 96 valence electrons. The number of rotatable bonds is 3. The zero-order valence-electron chi connectivity index (χ0n) is 10.5. The normalized spacial score (nSPS) is 11.2. The number of hydrogen-bond acceptors (Lipinski definition) is 4. The van der Waals surface area contributed by atoms with E-state index in [0.29, 0.717) is 0 Å². The molecule has 0 radical (unpaired) electrons. The first-order valence-electron chi connectivity index (χ1n) is 6.03. The van der Waals surface area contributed by atoms with Gasteiger partial charge in [0, 0.05) is 17.0 Å². The van der Waals surface area contributed by atoms with E-state index in [0.717, 1.165) is 26.7 Å². The molecule has 0 fully saturated rings. The van der Waals surface area contributed by atoms with Crippen molar-refractivity contribution < 1.29 is 0 Å². The number of benzene rings is 1. The van der Waals surface area contributed by atoms with Crippen molar-refractivity contribution in [1.29, 1.82) is 5.26 Å². The molecule has 3 rings (SSSR count). The van der Waals surface area contributed by atoms with Gasteiger partial charge in [-0.25, -0.2) is 4.98 Å². The third-order valence-corrected chi connectivity index (χ3v) is 4.57. The van der Waals surface area contributed by atoms with Crippen LogP contribution >= 0.6 is 22.7 Å². The van der Waals surface area contributed by atoms with Crippen molar-refractivity contribution in [3.05, 3.63) is 69.9 Å². The Hall–Kier alpha value is -2.22. The summed E-state index contributed by atoms with van der Waals surface area (Å²) in [4.78, 5) is 5.81. The molecule has 0 N–H and O–H groups in total. The fourth-order valence-corrected chi connectivity index (χ4v) is 3.50. The smallest absolute Gasteiger partial charge is 0.125 e. The van der Waals surface area contributed by atoms with Gasteiger partial charge in [-0.2, -0.15) is 5.26 Å². The van der Waals surface area contributed by atoms with Gasteiger partial charge in [0.1, 0.15) is 5.01 Å². The van der Waals surface area contributed by atoms with E-state index >= 15 is 0 Å². The van der Waals surface area contributed by atoms with E-state index in [1.165, 1.54) is 0 Å². The third kappa shape index (κ3) is 2.55. The highest BCUT2D eigenvalue weighted by atomic mass is 32.1. The second-order valence-corrected chi connectivity index (χ2v) is 5.87. The molecule has 0 bridgehead atoms. The number of hydrogen-bond donors (Lipinski definition) is 0. The molecule has 0 spiro atoms. The summed E-state index contributed by atoms with van der Waals surface area (Å²) in [5.74, 6) is 0. The van der Waals surface area contributed by atoms with E-state index in [2.05, 4.69) is 17.1 Å². The molecule has 1 aromatic carbocycles. The van der Waals surface area contributed by atoms with Crippen LogP contribution < -0.4 is 0 Å². The van der Waals surface area contributed by atoms with Crippen molar-refractivity contribution in [3.63, 3.8) is 0 Å². The lowest BCUT2D eigenvalue weighted by atomic mass is 10.1. The molecule has 2 aromatic heterocycles. The molecule has 0 unspecified atom stereocenters. The molecule has 20 heavy (non-hydrogen) atoms. The van der Waals surface area contributed by atoms with Crippen molar-refractivity contribution in [1.82, 2.24) is 4.98 Å². The largest absolute Gasteiger partial charge is 0.235 e. The molecule has 3 aromatic rings. The van der Waals surface area contributed by atoms with Gasteiger partial charge in [-0.3, -0.25) is 0 Å². The maximum Gasteiger partial charge on any atom is 0.125 e. The summed E-state index contributed by atoms with van der Waals surface area (Å²) in [7, 11) is 0. The molecule has 0 atom stereocenters. The van der Waals surface area contributed by atoms with Gasteiger partial charge in [0.2, 0.25) is 0 Å². The van der Waals surface area contributed by atoms with Crippen LogP contribution in [0.15, 0.2) is 59.3 Å². The summed E-state index contributed by atoms with van der Waals surface area (Å²) in [5, 5.41) is 14.0. The van der Waals surface area contributed by atoms with Crippen LogP contribution in [-0.2, 0) is 0 Å². The minimum Gasteiger partial charge on any atom is -0.235 e. The molecular weight excluding hydrogens is 284 g/mol. The van der Waals surface area contributed by atoms with Crippen LogP contribution in [0.3, 0.4) is 0 Å². The number of aromatic nitrogens is 1. The summed E-state index contributed by atoms with van der Waals surface area (Å²) < 4.78 is 0. The lowest BCUT2D eigenvalue weighted by Gasteiger charge is -2.02. The first-order valence-corrected chi connectivity index (χ1v) is 7.79. The fourth-order valence-electron chi connectivity index (χ4n) is 1.89. The summed E-state index contributed by atoms with van der Waals surface area (Å²) in [6, 6.07) is 16.1. The Morgan fingerprint density at radius 1 is 1.10 bits per heavy atom. The molecule has 0 aliphatic carbocycles. The minimum absolute atomic E-state index is 0.876. The number of nitriles is 1. The Bertz CT molecular complexity index is 762. The predicted molar refractivity (Wildman–Crippen MR) is 84.6 cm³/mol. The van der Waals surface area contributed by atoms with E-state index in [1.807, 2.05) is 47.2 Å². The van der Waals surface area contributed by atoms with Crippen LogP contribution in [0.2, 0.25) is 0 Å². The number of nitrogens with zero attached hydrogens (tertiary/aromatic N) is 2. The van der Waals surface area contributed by atoms with Crippen molar-refractivity contribution in [3.8, 4) is 16.6 Å². The lowest BCUT2D eigenvalue weighted by Crippen LogP contribution is -1.86. The Balaban J connectivity index is 2.02. The molecule has 0 aliphatic heterocycles. The van der Waals surface area contributed by atoms with E-state index in [4.69, 9.17) is 5.26 Å². The molecule has 0 amide bonds. The van der Waals surface area contributed by atoms with E-state index in [9.17, 15) is 0 Å². The highest BCUT2D eigenvalue weighted by Gasteiger charge is 2.11. The highest BCUT2D eigenvalue weighted by Crippen LogP contribution is 2.31. The predicted octanol–water partition coefficient (Wildman–Crippen LogP) is 4.83. The Morgan fingerprint density at radius 2 is 1.95 bits per heavy atom. The fraction of sp³-hybridized carbons (Fsp3) is 0. The molecule has 0 saturated heterocycles. The van der Waals surface area contributed by atoms with Crippen LogP contribution in [0.25, 0.3) is 16.1 Å². The van der Waals surface area contributed by atoms with Gasteiger partial charge in [-0.1, -0.05) is 36.4 Å². The maximum absolute atomic E-state index is 9.00. The molecule has 0 saturated carbocycles. The Morgan fingerprint density at radius 3 is 2.65 bits per heavy atom. The van der Waals surface area contributed by atoms with Gasteiger partial charge < -0.3 is 0 Å². The van der Waals surface area contributed by atoms with Crippen LogP contribution in [-0.4, -0.2) is 4.98 Å².